The van der Waals surface area contributed by atoms with Crippen molar-refractivity contribution in [2.24, 2.45) is 0 Å². The normalized spacial score (nSPS) is 19.5. The van der Waals surface area contributed by atoms with Crippen molar-refractivity contribution in [3.63, 3.8) is 0 Å². The molecule has 0 radical (unpaired) electrons. The summed E-state index contributed by atoms with van der Waals surface area (Å²) in [5.74, 6) is -1.44. The van der Waals surface area contributed by atoms with Crippen molar-refractivity contribution in [3.8, 4) is 0 Å². The second kappa shape index (κ2) is 5.47. The molecule has 1 aliphatic heterocycles. The fraction of sp³-hybridized carbons (Fsp3) is 0.455. The summed E-state index contributed by atoms with van der Waals surface area (Å²) >= 11 is 1.23. The summed E-state index contributed by atoms with van der Waals surface area (Å²) in [4.78, 5) is 23.7. The first-order chi connectivity index (χ1) is 8.58. The van der Waals surface area contributed by atoms with Crippen molar-refractivity contribution in [3.05, 3.63) is 16.5 Å². The maximum Gasteiger partial charge on any atom is 0.338 e. The molecular weight excluding hydrogens is 258 g/mol. The van der Waals surface area contributed by atoms with E-state index in [1.54, 1.807) is 6.92 Å². The second-order valence-electron chi connectivity index (χ2n) is 3.83. The van der Waals surface area contributed by atoms with Crippen LogP contribution in [0.15, 0.2) is 6.07 Å². The van der Waals surface area contributed by atoms with Crippen molar-refractivity contribution in [2.75, 3.05) is 25.1 Å². The lowest BCUT2D eigenvalue weighted by atomic mass is 10.3. The predicted molar refractivity (Wildman–Crippen MR) is 65.2 cm³/mol. The molecule has 6 nitrogen and oxygen atoms in total. The van der Waals surface area contributed by atoms with Gasteiger partial charge in [-0.05, 0) is 13.0 Å². The zero-order valence-corrected chi connectivity index (χ0v) is 10.6. The van der Waals surface area contributed by atoms with E-state index in [1.807, 2.05) is 0 Å². The molecule has 0 saturated carbocycles. The molecule has 2 rings (SSSR count). The van der Waals surface area contributed by atoms with E-state index in [-0.39, 0.29) is 18.1 Å². The molecule has 1 aliphatic rings. The summed E-state index contributed by atoms with van der Waals surface area (Å²) < 4.78 is 10.4. The standard InChI is InChI=1S/C11H13NO5S/c1-6-4-7(11(14)15)10(18-6)12-9(13)8-5-16-2-3-17-8/h4,8H,2-3,5H2,1H3,(H,12,13)(H,14,15). The van der Waals surface area contributed by atoms with Crippen molar-refractivity contribution in [1.29, 1.82) is 0 Å². The van der Waals surface area contributed by atoms with Crippen LogP contribution in [0.25, 0.3) is 0 Å². The fourth-order valence-corrected chi connectivity index (χ4v) is 2.50. The molecule has 1 atom stereocenters. The number of carbonyl (C=O) groups excluding carboxylic acids is 1. The summed E-state index contributed by atoms with van der Waals surface area (Å²) in [5, 5.41) is 11.9. The number of hydrogen-bond donors (Lipinski definition) is 2. The number of rotatable bonds is 3. The molecule has 7 heteroatoms. The highest BCUT2D eigenvalue weighted by Crippen LogP contribution is 2.27. The van der Waals surface area contributed by atoms with E-state index in [0.29, 0.717) is 18.2 Å². The summed E-state index contributed by atoms with van der Waals surface area (Å²) in [6.07, 6.45) is -0.678. The molecule has 0 spiro atoms. The maximum atomic E-state index is 11.8. The van der Waals surface area contributed by atoms with Gasteiger partial charge in [0, 0.05) is 4.88 Å². The molecule has 1 amide bonds. The third-order valence-electron chi connectivity index (χ3n) is 2.43. The Labute approximate surface area is 108 Å². The first kappa shape index (κ1) is 13.0. The van der Waals surface area contributed by atoms with Crippen LogP contribution < -0.4 is 5.32 Å². The number of nitrogens with one attached hydrogen (secondary N) is 1. The third kappa shape index (κ3) is 2.87. The molecule has 0 aromatic carbocycles. The fourth-order valence-electron chi connectivity index (χ4n) is 1.60. The zero-order chi connectivity index (χ0) is 13.1. The van der Waals surface area contributed by atoms with Crippen molar-refractivity contribution in [1.82, 2.24) is 0 Å². The topological polar surface area (TPSA) is 84.9 Å². The van der Waals surface area contributed by atoms with E-state index in [2.05, 4.69) is 5.32 Å². The first-order valence-corrected chi connectivity index (χ1v) is 6.23. The highest BCUT2D eigenvalue weighted by molar-refractivity contribution is 7.16. The van der Waals surface area contributed by atoms with Crippen LogP contribution >= 0.6 is 11.3 Å². The Balaban J connectivity index is 2.08. The lowest BCUT2D eigenvalue weighted by molar-refractivity contribution is -0.142. The lowest BCUT2D eigenvalue weighted by Gasteiger charge is -2.21. The Morgan fingerprint density at radius 2 is 2.28 bits per heavy atom. The van der Waals surface area contributed by atoms with E-state index in [0.717, 1.165) is 4.88 Å². The minimum absolute atomic E-state index is 0.0996. The van der Waals surface area contributed by atoms with E-state index in [9.17, 15) is 9.59 Å². The SMILES string of the molecule is Cc1cc(C(=O)O)c(NC(=O)C2COCCO2)s1. The Morgan fingerprint density at radius 3 is 2.89 bits per heavy atom. The highest BCUT2D eigenvalue weighted by atomic mass is 32.1. The van der Waals surface area contributed by atoms with E-state index in [4.69, 9.17) is 14.6 Å². The zero-order valence-electron chi connectivity index (χ0n) is 9.76. The smallest absolute Gasteiger partial charge is 0.338 e. The minimum atomic E-state index is -1.06. The van der Waals surface area contributed by atoms with Crippen LogP contribution in [0.5, 0.6) is 0 Å². The van der Waals surface area contributed by atoms with Gasteiger partial charge in [0.1, 0.15) is 5.00 Å². The van der Waals surface area contributed by atoms with E-state index in [1.165, 1.54) is 17.4 Å². The van der Waals surface area contributed by atoms with Crippen LogP contribution in [0.4, 0.5) is 5.00 Å². The number of ether oxygens (including phenoxy) is 2. The number of carboxylic acid groups (broad SMARTS) is 1. The molecule has 1 unspecified atom stereocenters. The Kier molecular flexibility index (Phi) is 3.95. The molecular formula is C11H13NO5S. The van der Waals surface area contributed by atoms with Crippen LogP contribution in [0.2, 0.25) is 0 Å². The van der Waals surface area contributed by atoms with Crippen LogP contribution in [-0.4, -0.2) is 42.9 Å². The van der Waals surface area contributed by atoms with Gasteiger partial charge in [0.2, 0.25) is 0 Å². The Morgan fingerprint density at radius 1 is 1.50 bits per heavy atom. The van der Waals surface area contributed by atoms with Gasteiger partial charge in [0.25, 0.3) is 5.91 Å². The summed E-state index contributed by atoms with van der Waals surface area (Å²) in [7, 11) is 0. The Bertz CT molecular complexity index is 464. The van der Waals surface area contributed by atoms with Crippen LogP contribution in [0.3, 0.4) is 0 Å². The van der Waals surface area contributed by atoms with Crippen LogP contribution in [-0.2, 0) is 14.3 Å². The van der Waals surface area contributed by atoms with Gasteiger partial charge < -0.3 is 19.9 Å². The number of hydrogen-bond acceptors (Lipinski definition) is 5. The first-order valence-electron chi connectivity index (χ1n) is 5.42. The van der Waals surface area contributed by atoms with E-state index < -0.39 is 12.1 Å². The number of carbonyl (C=O) groups is 2. The van der Waals surface area contributed by atoms with Crippen LogP contribution in [0, 0.1) is 6.92 Å². The van der Waals surface area contributed by atoms with Gasteiger partial charge >= 0.3 is 5.97 Å². The molecule has 1 aromatic heterocycles. The van der Waals surface area contributed by atoms with Crippen molar-refractivity contribution in [2.45, 2.75) is 13.0 Å². The van der Waals surface area contributed by atoms with Gasteiger partial charge in [-0.2, -0.15) is 0 Å². The molecule has 0 bridgehead atoms. The van der Waals surface area contributed by atoms with Gasteiger partial charge in [-0.3, -0.25) is 4.79 Å². The molecule has 1 aromatic rings. The van der Waals surface area contributed by atoms with Gasteiger partial charge in [-0.15, -0.1) is 11.3 Å². The molecule has 1 fully saturated rings. The van der Waals surface area contributed by atoms with Crippen molar-refractivity contribution >= 4 is 28.2 Å². The molecule has 2 heterocycles. The van der Waals surface area contributed by atoms with Crippen LogP contribution in [0.1, 0.15) is 15.2 Å². The number of amides is 1. The summed E-state index contributed by atoms with van der Waals surface area (Å²) in [6, 6.07) is 1.53. The van der Waals surface area contributed by atoms with Gasteiger partial charge in [-0.1, -0.05) is 0 Å². The van der Waals surface area contributed by atoms with E-state index >= 15 is 0 Å². The third-order valence-corrected chi connectivity index (χ3v) is 3.40. The average molecular weight is 271 g/mol. The van der Waals surface area contributed by atoms with Gasteiger partial charge in [0.05, 0.1) is 25.4 Å². The molecule has 0 aliphatic carbocycles. The minimum Gasteiger partial charge on any atom is -0.478 e. The number of aryl methyl sites for hydroxylation is 1. The lowest BCUT2D eigenvalue weighted by Crippen LogP contribution is -2.39. The molecule has 98 valence electrons. The quantitative estimate of drug-likeness (QED) is 0.860. The van der Waals surface area contributed by atoms with Gasteiger partial charge in [0.15, 0.2) is 6.10 Å². The molecule has 1 saturated heterocycles. The number of thiophene rings is 1. The molecule has 18 heavy (non-hydrogen) atoms. The maximum absolute atomic E-state index is 11.8. The highest BCUT2D eigenvalue weighted by Gasteiger charge is 2.25. The Hall–Kier alpha value is -1.44. The summed E-state index contributed by atoms with van der Waals surface area (Å²) in [5.41, 5.74) is 0.0996. The monoisotopic (exact) mass is 271 g/mol. The largest absolute Gasteiger partial charge is 0.478 e. The number of anilines is 1. The number of aromatic carboxylic acids is 1. The molecule has 2 N–H and O–H groups in total. The second-order valence-corrected chi connectivity index (χ2v) is 5.08. The summed E-state index contributed by atoms with van der Waals surface area (Å²) in [6.45, 7) is 2.82. The van der Waals surface area contributed by atoms with Gasteiger partial charge in [-0.25, -0.2) is 4.79 Å². The average Bonchev–Trinajstić information content (AvgIpc) is 2.71. The predicted octanol–water partition coefficient (Wildman–Crippen LogP) is 1.11. The van der Waals surface area contributed by atoms with Crippen molar-refractivity contribution < 1.29 is 24.2 Å². The number of carboxylic acids is 1.